The van der Waals surface area contributed by atoms with Gasteiger partial charge in [0, 0.05) is 16.5 Å². The Balaban J connectivity index is 1.58. The quantitative estimate of drug-likeness (QED) is 0.339. The summed E-state index contributed by atoms with van der Waals surface area (Å²) in [4.78, 5) is 0. The van der Waals surface area contributed by atoms with Crippen molar-refractivity contribution in [2.24, 2.45) is 29.6 Å². The minimum Gasteiger partial charge on any atom is -0.507 e. The first kappa shape index (κ1) is 28.6. The van der Waals surface area contributed by atoms with Gasteiger partial charge in [-0.1, -0.05) is 71.4 Å². The normalized spacial score (nSPS) is 28.3. The van der Waals surface area contributed by atoms with Crippen LogP contribution in [0.1, 0.15) is 132 Å². The van der Waals surface area contributed by atoms with Crippen LogP contribution in [0.15, 0.2) is 24.3 Å². The largest absolute Gasteiger partial charge is 0.507 e. The fourth-order valence-corrected chi connectivity index (χ4v) is 10.1. The number of phenolic OH excluding ortho intramolecular Hbond substituents is 2. The number of rotatable bonds is 9. The molecule has 6 unspecified atom stereocenters. The maximum atomic E-state index is 11.9. The summed E-state index contributed by atoms with van der Waals surface area (Å²) in [6.45, 7) is 18.1. The Morgan fingerprint density at radius 3 is 2.08 bits per heavy atom. The van der Waals surface area contributed by atoms with Crippen LogP contribution in [0.3, 0.4) is 0 Å². The summed E-state index contributed by atoms with van der Waals surface area (Å²) in [6.07, 6.45) is 10.4. The predicted octanol–water partition coefficient (Wildman–Crippen LogP) is 9.88. The van der Waals surface area contributed by atoms with Crippen molar-refractivity contribution >= 4 is 0 Å². The summed E-state index contributed by atoms with van der Waals surface area (Å²) in [5, 5.41) is 23.3. The van der Waals surface area contributed by atoms with Crippen LogP contribution < -0.4 is 0 Å². The van der Waals surface area contributed by atoms with Gasteiger partial charge in [-0.2, -0.15) is 0 Å². The van der Waals surface area contributed by atoms with Crippen LogP contribution in [-0.4, -0.2) is 10.2 Å². The van der Waals surface area contributed by atoms with Gasteiger partial charge in [0.2, 0.25) is 0 Å². The van der Waals surface area contributed by atoms with Gasteiger partial charge in [0.1, 0.15) is 11.5 Å². The summed E-state index contributed by atoms with van der Waals surface area (Å²) in [7, 11) is 0. The van der Waals surface area contributed by atoms with E-state index in [1.54, 1.807) is 0 Å². The van der Waals surface area contributed by atoms with Gasteiger partial charge in [0.15, 0.2) is 0 Å². The molecule has 0 amide bonds. The highest BCUT2D eigenvalue weighted by Gasteiger charge is 2.61. The Hall–Kier alpha value is -1.96. The Morgan fingerprint density at radius 2 is 1.46 bits per heavy atom. The van der Waals surface area contributed by atoms with Crippen molar-refractivity contribution in [2.45, 2.75) is 130 Å². The molecule has 0 aliphatic heterocycles. The van der Waals surface area contributed by atoms with E-state index in [1.807, 2.05) is 0 Å². The van der Waals surface area contributed by atoms with Crippen LogP contribution in [0.5, 0.6) is 11.5 Å². The second-order valence-corrected chi connectivity index (χ2v) is 14.0. The van der Waals surface area contributed by atoms with Gasteiger partial charge in [-0.25, -0.2) is 0 Å². The molecule has 6 atom stereocenters. The molecule has 2 aromatic rings. The lowest BCUT2D eigenvalue weighted by molar-refractivity contribution is 0.0948. The zero-order chi connectivity index (χ0) is 28.3. The van der Waals surface area contributed by atoms with Crippen LogP contribution in [0, 0.1) is 43.4 Å². The number of hydrogen-bond acceptors (Lipinski definition) is 2. The molecule has 0 spiro atoms. The number of benzene rings is 2. The molecule has 3 saturated carbocycles. The van der Waals surface area contributed by atoms with Crippen molar-refractivity contribution in [3.63, 3.8) is 0 Å². The molecule has 3 fully saturated rings. The smallest absolute Gasteiger partial charge is 0.122 e. The molecule has 0 aromatic heterocycles. The van der Waals surface area contributed by atoms with Gasteiger partial charge in [-0.3, -0.25) is 0 Å². The third-order valence-electron chi connectivity index (χ3n) is 12.7. The lowest BCUT2D eigenvalue weighted by Gasteiger charge is -2.47. The van der Waals surface area contributed by atoms with Crippen molar-refractivity contribution < 1.29 is 10.2 Å². The summed E-state index contributed by atoms with van der Waals surface area (Å²) in [5.41, 5.74) is 7.32. The second-order valence-electron chi connectivity index (χ2n) is 14.0. The molecule has 39 heavy (non-hydrogen) atoms. The molecule has 0 saturated heterocycles. The van der Waals surface area contributed by atoms with E-state index in [4.69, 9.17) is 0 Å². The van der Waals surface area contributed by atoms with Gasteiger partial charge in [0.05, 0.1) is 0 Å². The summed E-state index contributed by atoms with van der Waals surface area (Å²) in [5.74, 6) is 5.11. The highest BCUT2D eigenvalue weighted by Crippen LogP contribution is 2.69. The summed E-state index contributed by atoms with van der Waals surface area (Å²) >= 11 is 0. The second kappa shape index (κ2) is 10.5. The Morgan fingerprint density at radius 1 is 0.769 bits per heavy atom. The minimum atomic E-state index is 0.0133. The number of hydrogen-bond donors (Lipinski definition) is 2. The summed E-state index contributed by atoms with van der Waals surface area (Å²) < 4.78 is 0. The Bertz CT molecular complexity index is 1200. The zero-order valence-electron chi connectivity index (χ0n) is 26.0. The van der Waals surface area contributed by atoms with Crippen molar-refractivity contribution in [1.82, 2.24) is 0 Å². The lowest BCUT2D eigenvalue weighted by Crippen LogP contribution is -2.42. The molecule has 2 N–H and O–H groups in total. The molecular formula is C37H54O2. The third-order valence-corrected chi connectivity index (χ3v) is 12.7. The van der Waals surface area contributed by atoms with Crippen LogP contribution in [0.2, 0.25) is 0 Å². The zero-order valence-corrected chi connectivity index (χ0v) is 26.0. The fourth-order valence-electron chi connectivity index (χ4n) is 10.1. The van der Waals surface area contributed by atoms with Crippen LogP contribution in [-0.2, 0) is 17.3 Å². The maximum absolute atomic E-state index is 11.9. The molecule has 0 heterocycles. The van der Waals surface area contributed by atoms with Crippen molar-refractivity contribution in [3.8, 4) is 11.5 Å². The molecule has 2 nitrogen and oxygen atoms in total. The van der Waals surface area contributed by atoms with Crippen molar-refractivity contribution in [1.29, 1.82) is 0 Å². The highest BCUT2D eigenvalue weighted by atomic mass is 16.3. The number of fused-ring (bicyclic) bond motifs is 5. The first-order valence-corrected chi connectivity index (χ1v) is 16.3. The predicted molar refractivity (Wildman–Crippen MR) is 164 cm³/mol. The van der Waals surface area contributed by atoms with Crippen LogP contribution >= 0.6 is 0 Å². The van der Waals surface area contributed by atoms with Gasteiger partial charge < -0.3 is 10.2 Å². The molecular weight excluding hydrogens is 476 g/mol. The minimum absolute atomic E-state index is 0.0133. The lowest BCUT2D eigenvalue weighted by atomic mass is 9.57. The van der Waals surface area contributed by atoms with E-state index < -0.39 is 0 Å². The van der Waals surface area contributed by atoms with E-state index in [0.29, 0.717) is 35.2 Å². The molecule has 3 aliphatic carbocycles. The van der Waals surface area contributed by atoms with E-state index in [9.17, 15) is 10.2 Å². The number of aromatic hydroxyl groups is 2. The SMILES string of the molecule is CCc1cc(C2CCC3C4CC(C23)C(C(CC)(CC)c2cc(C)cc(C)c2O)C4)c(O)c(C(C)(CC)CC)c1. The fraction of sp³-hybridized carbons (Fsp3) is 0.676. The van der Waals surface area contributed by atoms with Gasteiger partial charge in [0.25, 0.3) is 0 Å². The summed E-state index contributed by atoms with van der Waals surface area (Å²) in [6, 6.07) is 9.11. The van der Waals surface area contributed by atoms with E-state index in [1.165, 1.54) is 53.5 Å². The van der Waals surface area contributed by atoms with Crippen LogP contribution in [0.25, 0.3) is 0 Å². The monoisotopic (exact) mass is 530 g/mol. The first-order valence-electron chi connectivity index (χ1n) is 16.3. The topological polar surface area (TPSA) is 40.5 Å². The molecule has 2 heteroatoms. The molecule has 2 aromatic carbocycles. The third kappa shape index (κ3) is 4.26. The van der Waals surface area contributed by atoms with Gasteiger partial charge >= 0.3 is 0 Å². The average molecular weight is 531 g/mol. The van der Waals surface area contributed by atoms with Crippen molar-refractivity contribution in [3.05, 3.63) is 57.6 Å². The molecule has 3 aliphatic rings. The standard InChI is InChI=1S/C37H54O2/c1-9-24-18-28(35(39)31(19-24)36(8,10-2)11-3)27-15-14-26-25-20-29(33(26)27)30(21-25)37(12-4,13-5)32-17-22(6)16-23(7)34(32)38/h16-19,25-27,29-30,33,38-39H,9-15,20-21H2,1-8H3. The molecule has 0 radical (unpaired) electrons. The van der Waals surface area contributed by atoms with E-state index in [2.05, 4.69) is 79.7 Å². The number of aryl methyl sites for hydroxylation is 3. The molecule has 2 bridgehead atoms. The average Bonchev–Trinajstić information content (AvgIpc) is 3.65. The molecule has 214 valence electrons. The van der Waals surface area contributed by atoms with E-state index in [0.717, 1.165) is 49.5 Å². The van der Waals surface area contributed by atoms with E-state index in [-0.39, 0.29) is 10.8 Å². The highest BCUT2D eigenvalue weighted by molar-refractivity contribution is 5.51. The Labute approximate surface area is 238 Å². The van der Waals surface area contributed by atoms with Gasteiger partial charge in [-0.05, 0) is 129 Å². The van der Waals surface area contributed by atoms with E-state index >= 15 is 0 Å². The number of phenols is 2. The van der Waals surface area contributed by atoms with Crippen LogP contribution in [0.4, 0.5) is 0 Å². The molecule has 5 rings (SSSR count). The van der Waals surface area contributed by atoms with Crippen molar-refractivity contribution in [2.75, 3.05) is 0 Å². The van der Waals surface area contributed by atoms with Gasteiger partial charge in [-0.15, -0.1) is 0 Å². The maximum Gasteiger partial charge on any atom is 0.122 e. The first-order chi connectivity index (χ1) is 18.6. The Kier molecular flexibility index (Phi) is 7.66.